The van der Waals surface area contributed by atoms with E-state index in [1.165, 1.54) is 19.2 Å². The lowest BCUT2D eigenvalue weighted by Gasteiger charge is -2.09. The Morgan fingerprint density at radius 2 is 1.80 bits per heavy atom. The molecule has 0 atom stereocenters. The summed E-state index contributed by atoms with van der Waals surface area (Å²) in [5.41, 5.74) is 1.73. The number of benzene rings is 2. The predicted octanol–water partition coefficient (Wildman–Crippen LogP) is 2.48. The molecule has 0 saturated carbocycles. The first-order valence-corrected chi connectivity index (χ1v) is 7.41. The fourth-order valence-corrected chi connectivity index (χ4v) is 2.06. The van der Waals surface area contributed by atoms with Crippen LogP contribution in [0.25, 0.3) is 0 Å². The van der Waals surface area contributed by atoms with Gasteiger partial charge in [0.1, 0.15) is 5.82 Å². The van der Waals surface area contributed by atoms with Gasteiger partial charge in [0.15, 0.2) is 0 Å². The van der Waals surface area contributed by atoms with Crippen LogP contribution >= 0.6 is 0 Å². The van der Waals surface area contributed by atoms with Gasteiger partial charge in [-0.05, 0) is 29.8 Å². The van der Waals surface area contributed by atoms with E-state index in [1.807, 2.05) is 6.07 Å². The third-order valence-corrected chi connectivity index (χ3v) is 3.45. The molecular formula is C18H16FN3O3. The minimum absolute atomic E-state index is 0.00462. The van der Waals surface area contributed by atoms with Crippen molar-refractivity contribution in [1.82, 2.24) is 10.6 Å². The maximum atomic E-state index is 13.7. The number of methoxy groups -OCH3 is 1. The molecule has 0 fully saturated rings. The van der Waals surface area contributed by atoms with E-state index in [0.29, 0.717) is 5.56 Å². The Bertz CT molecular complexity index is 813. The largest absolute Gasteiger partial charge is 0.465 e. The molecule has 0 heterocycles. The van der Waals surface area contributed by atoms with Crippen molar-refractivity contribution in [3.05, 3.63) is 70.5 Å². The van der Waals surface area contributed by atoms with Crippen molar-refractivity contribution in [2.45, 2.75) is 13.1 Å². The summed E-state index contributed by atoms with van der Waals surface area (Å²) >= 11 is 0. The molecule has 0 aromatic heterocycles. The minimum atomic E-state index is -0.544. The first-order chi connectivity index (χ1) is 12.0. The van der Waals surface area contributed by atoms with Gasteiger partial charge in [-0.15, -0.1) is 0 Å². The van der Waals surface area contributed by atoms with E-state index in [9.17, 15) is 14.0 Å². The topological polar surface area (TPSA) is 91.2 Å². The summed E-state index contributed by atoms with van der Waals surface area (Å²) < 4.78 is 18.3. The second-order valence-electron chi connectivity index (χ2n) is 5.14. The number of amides is 2. The average molecular weight is 341 g/mol. The van der Waals surface area contributed by atoms with Gasteiger partial charge in [0.2, 0.25) is 0 Å². The fourth-order valence-electron chi connectivity index (χ4n) is 2.06. The Labute approximate surface area is 144 Å². The van der Waals surface area contributed by atoms with E-state index in [2.05, 4.69) is 15.4 Å². The number of urea groups is 1. The molecule has 128 valence electrons. The monoisotopic (exact) mass is 341 g/mol. The number of carbonyl (C=O) groups is 2. The van der Waals surface area contributed by atoms with Crippen molar-refractivity contribution < 1.29 is 18.7 Å². The maximum Gasteiger partial charge on any atom is 0.337 e. The van der Waals surface area contributed by atoms with Gasteiger partial charge in [-0.3, -0.25) is 0 Å². The second kappa shape index (κ2) is 8.45. The Hall–Kier alpha value is -3.40. The van der Waals surface area contributed by atoms with Gasteiger partial charge < -0.3 is 15.4 Å². The average Bonchev–Trinajstić information content (AvgIpc) is 2.65. The Balaban J connectivity index is 1.83. The summed E-state index contributed by atoms with van der Waals surface area (Å²) in [6.45, 7) is 0.258. The van der Waals surface area contributed by atoms with Crippen molar-refractivity contribution in [1.29, 1.82) is 5.26 Å². The molecular weight excluding hydrogens is 325 g/mol. The zero-order chi connectivity index (χ0) is 18.2. The lowest BCUT2D eigenvalue weighted by molar-refractivity contribution is 0.0600. The zero-order valence-corrected chi connectivity index (χ0v) is 13.5. The molecule has 2 N–H and O–H groups in total. The number of rotatable bonds is 5. The summed E-state index contributed by atoms with van der Waals surface area (Å²) in [5, 5.41) is 13.9. The summed E-state index contributed by atoms with van der Waals surface area (Å²) in [5.74, 6) is -0.973. The lowest BCUT2D eigenvalue weighted by Crippen LogP contribution is -2.34. The highest BCUT2D eigenvalue weighted by molar-refractivity contribution is 5.89. The van der Waals surface area contributed by atoms with Crippen molar-refractivity contribution in [3.63, 3.8) is 0 Å². The minimum Gasteiger partial charge on any atom is -0.465 e. The molecule has 0 spiro atoms. The van der Waals surface area contributed by atoms with E-state index < -0.39 is 17.8 Å². The second-order valence-corrected chi connectivity index (χ2v) is 5.14. The van der Waals surface area contributed by atoms with Crippen molar-refractivity contribution in [2.75, 3.05) is 7.11 Å². The number of esters is 1. The van der Waals surface area contributed by atoms with E-state index in [0.717, 1.165) is 11.6 Å². The Morgan fingerprint density at radius 1 is 1.12 bits per heavy atom. The lowest BCUT2D eigenvalue weighted by atomic mass is 10.1. The van der Waals surface area contributed by atoms with Crippen molar-refractivity contribution in [2.24, 2.45) is 0 Å². The first-order valence-electron chi connectivity index (χ1n) is 7.41. The highest BCUT2D eigenvalue weighted by atomic mass is 19.1. The van der Waals surface area contributed by atoms with E-state index in [4.69, 9.17) is 5.26 Å². The Morgan fingerprint density at radius 3 is 2.40 bits per heavy atom. The van der Waals surface area contributed by atoms with Crippen LogP contribution in [0.15, 0.2) is 42.5 Å². The number of hydrogen-bond acceptors (Lipinski definition) is 4. The van der Waals surface area contributed by atoms with Crippen LogP contribution in [0.5, 0.6) is 0 Å². The molecule has 6 nitrogen and oxygen atoms in total. The molecule has 0 bridgehead atoms. The van der Waals surface area contributed by atoms with Gasteiger partial charge in [-0.2, -0.15) is 5.26 Å². The third kappa shape index (κ3) is 5.04. The zero-order valence-electron chi connectivity index (χ0n) is 13.5. The van der Waals surface area contributed by atoms with Crippen LogP contribution in [0.1, 0.15) is 27.0 Å². The maximum absolute atomic E-state index is 13.7. The molecule has 0 saturated heterocycles. The summed E-state index contributed by atoms with van der Waals surface area (Å²) in [6.07, 6.45) is 0. The number of nitriles is 1. The van der Waals surface area contributed by atoms with E-state index in [-0.39, 0.29) is 24.2 Å². The van der Waals surface area contributed by atoms with Crippen LogP contribution in [0.2, 0.25) is 0 Å². The quantitative estimate of drug-likeness (QED) is 0.818. The van der Waals surface area contributed by atoms with Crippen LogP contribution in [-0.2, 0) is 17.8 Å². The Kier molecular flexibility index (Phi) is 6.07. The van der Waals surface area contributed by atoms with Gasteiger partial charge >= 0.3 is 12.0 Å². The molecule has 2 aromatic carbocycles. The van der Waals surface area contributed by atoms with Crippen molar-refractivity contribution in [3.8, 4) is 6.07 Å². The van der Waals surface area contributed by atoms with Gasteiger partial charge in [-0.1, -0.05) is 18.2 Å². The molecule has 25 heavy (non-hydrogen) atoms. The molecule has 2 amide bonds. The number of nitrogens with zero attached hydrogens (tertiary/aromatic N) is 1. The van der Waals surface area contributed by atoms with Gasteiger partial charge in [-0.25, -0.2) is 14.0 Å². The highest BCUT2D eigenvalue weighted by Gasteiger charge is 2.07. The number of nitrogens with one attached hydrogen (secondary N) is 2. The smallest absolute Gasteiger partial charge is 0.337 e. The molecule has 0 aliphatic carbocycles. The van der Waals surface area contributed by atoms with Crippen LogP contribution in [0, 0.1) is 17.1 Å². The van der Waals surface area contributed by atoms with Crippen LogP contribution in [0.4, 0.5) is 9.18 Å². The summed E-state index contributed by atoms with van der Waals surface area (Å²) in [4.78, 5) is 23.1. The number of halogens is 1. The molecule has 0 aliphatic rings. The third-order valence-electron chi connectivity index (χ3n) is 3.45. The molecule has 0 radical (unpaired) electrons. The number of ether oxygens (including phenoxy) is 1. The van der Waals surface area contributed by atoms with Crippen molar-refractivity contribution >= 4 is 12.0 Å². The summed E-state index contributed by atoms with van der Waals surface area (Å²) in [6, 6.07) is 12.1. The van der Waals surface area contributed by atoms with Crippen LogP contribution in [0.3, 0.4) is 0 Å². The highest BCUT2D eigenvalue weighted by Crippen LogP contribution is 2.09. The van der Waals surface area contributed by atoms with Crippen LogP contribution in [-0.4, -0.2) is 19.1 Å². The molecule has 0 aliphatic heterocycles. The first kappa shape index (κ1) is 17.9. The van der Waals surface area contributed by atoms with Gasteiger partial charge in [0.25, 0.3) is 0 Å². The normalized spacial score (nSPS) is 9.80. The standard InChI is InChI=1S/C18H16FN3O3/c1-25-17(23)14-5-2-12(3-6-14)10-21-18(24)22-11-15-7-4-13(9-20)8-16(15)19/h2-8H,10-11H2,1H3,(H2,21,22,24). The molecule has 2 aromatic rings. The van der Waals surface area contributed by atoms with Crippen LogP contribution < -0.4 is 10.6 Å². The number of hydrogen-bond donors (Lipinski definition) is 2. The fraction of sp³-hybridized carbons (Fsp3) is 0.167. The molecule has 7 heteroatoms. The van der Waals surface area contributed by atoms with Gasteiger partial charge in [0, 0.05) is 18.7 Å². The summed E-state index contributed by atoms with van der Waals surface area (Å²) in [7, 11) is 1.30. The van der Waals surface area contributed by atoms with Gasteiger partial charge in [0.05, 0.1) is 24.3 Å². The number of carbonyl (C=O) groups excluding carboxylic acids is 2. The SMILES string of the molecule is COC(=O)c1ccc(CNC(=O)NCc2ccc(C#N)cc2F)cc1. The molecule has 2 rings (SSSR count). The predicted molar refractivity (Wildman–Crippen MR) is 88.0 cm³/mol. The molecule has 0 unspecified atom stereocenters. The van der Waals surface area contributed by atoms with E-state index in [1.54, 1.807) is 24.3 Å². The van der Waals surface area contributed by atoms with E-state index >= 15 is 0 Å².